The molecule has 0 bridgehead atoms. The van der Waals surface area contributed by atoms with Gasteiger partial charge in [-0.3, -0.25) is 0 Å². The first-order valence-corrected chi connectivity index (χ1v) is 6.98. The zero-order chi connectivity index (χ0) is 9.90. The lowest BCUT2D eigenvalue weighted by Crippen LogP contribution is -2.49. The summed E-state index contributed by atoms with van der Waals surface area (Å²) in [6.07, 6.45) is 0. The average molecular weight is 272 g/mol. The summed E-state index contributed by atoms with van der Waals surface area (Å²) in [5, 5.41) is 0.631. The predicted octanol–water partition coefficient (Wildman–Crippen LogP) is 0.432. The van der Waals surface area contributed by atoms with E-state index in [-0.39, 0.29) is 11.8 Å². The van der Waals surface area contributed by atoms with E-state index in [1.54, 1.807) is 6.92 Å². The van der Waals surface area contributed by atoms with Crippen LogP contribution in [0.15, 0.2) is 0 Å². The summed E-state index contributed by atoms with van der Waals surface area (Å²) < 4.78 is 29.9. The van der Waals surface area contributed by atoms with Gasteiger partial charge < -0.3 is 4.74 Å². The van der Waals surface area contributed by atoms with Crippen molar-refractivity contribution in [3.63, 3.8) is 0 Å². The predicted molar refractivity (Wildman–Crippen MR) is 54.6 cm³/mol. The molecular formula is C7H14BrNO3S. The lowest BCUT2D eigenvalue weighted by atomic mass is 10.3. The summed E-state index contributed by atoms with van der Waals surface area (Å²) in [5.74, 6) is 0.163. The molecular weight excluding hydrogens is 258 g/mol. The molecule has 78 valence electrons. The second kappa shape index (κ2) is 4.72. The Morgan fingerprint density at radius 3 is 2.85 bits per heavy atom. The van der Waals surface area contributed by atoms with Gasteiger partial charge >= 0.3 is 0 Å². The van der Waals surface area contributed by atoms with Crippen LogP contribution in [0.2, 0.25) is 0 Å². The zero-order valence-corrected chi connectivity index (χ0v) is 9.97. The van der Waals surface area contributed by atoms with E-state index < -0.39 is 10.0 Å². The number of hydrogen-bond donors (Lipinski definition) is 0. The molecule has 1 aliphatic rings. The molecule has 1 atom stereocenters. The van der Waals surface area contributed by atoms with Crippen LogP contribution in [0.4, 0.5) is 0 Å². The van der Waals surface area contributed by atoms with Crippen LogP contribution in [0.5, 0.6) is 0 Å². The molecule has 6 heteroatoms. The zero-order valence-electron chi connectivity index (χ0n) is 7.57. The number of rotatable bonds is 3. The van der Waals surface area contributed by atoms with E-state index in [2.05, 4.69) is 15.9 Å². The van der Waals surface area contributed by atoms with Gasteiger partial charge in [-0.2, -0.15) is 4.31 Å². The van der Waals surface area contributed by atoms with Crippen molar-refractivity contribution in [1.82, 2.24) is 4.31 Å². The highest BCUT2D eigenvalue weighted by atomic mass is 79.9. The Balaban J connectivity index is 2.75. The van der Waals surface area contributed by atoms with Gasteiger partial charge in [-0.25, -0.2) is 8.42 Å². The molecule has 0 saturated carbocycles. The van der Waals surface area contributed by atoms with Gasteiger partial charge in [0.15, 0.2) is 0 Å². The molecule has 0 N–H and O–H groups in total. The Morgan fingerprint density at radius 1 is 1.62 bits per heavy atom. The fourth-order valence-corrected chi connectivity index (χ4v) is 3.30. The van der Waals surface area contributed by atoms with E-state index in [4.69, 9.17) is 4.74 Å². The van der Waals surface area contributed by atoms with Gasteiger partial charge in [0.25, 0.3) is 0 Å². The summed E-state index contributed by atoms with van der Waals surface area (Å²) in [6.45, 7) is 3.13. The van der Waals surface area contributed by atoms with Gasteiger partial charge in [-0.05, 0) is 6.92 Å². The molecule has 4 nitrogen and oxygen atoms in total. The smallest absolute Gasteiger partial charge is 0.214 e. The first kappa shape index (κ1) is 11.4. The largest absolute Gasteiger partial charge is 0.378 e. The molecule has 0 aromatic heterocycles. The van der Waals surface area contributed by atoms with E-state index >= 15 is 0 Å². The summed E-state index contributed by atoms with van der Waals surface area (Å²) in [7, 11) is -3.06. The average Bonchev–Trinajstić information content (AvgIpc) is 2.18. The van der Waals surface area contributed by atoms with Crippen molar-refractivity contribution < 1.29 is 13.2 Å². The van der Waals surface area contributed by atoms with Gasteiger partial charge in [0.2, 0.25) is 10.0 Å². The van der Waals surface area contributed by atoms with Crippen LogP contribution in [0, 0.1) is 0 Å². The van der Waals surface area contributed by atoms with Crippen LogP contribution in [0.25, 0.3) is 0 Å². The molecule has 0 aliphatic carbocycles. The van der Waals surface area contributed by atoms with E-state index in [9.17, 15) is 8.42 Å². The van der Waals surface area contributed by atoms with Gasteiger partial charge in [-0.15, -0.1) is 0 Å². The third-order valence-corrected chi connectivity index (χ3v) is 4.75. The Bertz CT molecular complexity index is 254. The lowest BCUT2D eigenvalue weighted by Gasteiger charge is -2.33. The first-order chi connectivity index (χ1) is 6.11. The number of alkyl halides is 1. The molecule has 1 heterocycles. The normalized spacial score (nSPS) is 26.2. The number of morpholine rings is 1. The third kappa shape index (κ3) is 2.65. The maximum Gasteiger partial charge on any atom is 0.214 e. The van der Waals surface area contributed by atoms with Crippen LogP contribution < -0.4 is 0 Å². The Hall–Kier alpha value is 0.350. The summed E-state index contributed by atoms with van der Waals surface area (Å²) in [5.41, 5.74) is 0. The number of sulfonamides is 1. The molecule has 1 rings (SSSR count). The number of halogens is 1. The van der Waals surface area contributed by atoms with E-state index in [1.165, 1.54) is 4.31 Å². The lowest BCUT2D eigenvalue weighted by molar-refractivity contribution is 0.0414. The second-order valence-electron chi connectivity index (χ2n) is 2.89. The molecule has 0 radical (unpaired) electrons. The van der Waals surface area contributed by atoms with Crippen LogP contribution in [0.1, 0.15) is 6.92 Å². The Labute approximate surface area is 87.4 Å². The molecule has 1 unspecified atom stereocenters. The summed E-state index contributed by atoms with van der Waals surface area (Å²) >= 11 is 3.29. The second-order valence-corrected chi connectivity index (χ2v) is 5.75. The maximum atomic E-state index is 11.6. The fraction of sp³-hybridized carbons (Fsp3) is 1.00. The standard InChI is InChI=1S/C7H14BrNO3S/c1-2-13(10,11)9-3-4-12-6-7(9)5-8/h7H,2-6H2,1H3. The molecule has 0 spiro atoms. The van der Waals surface area contributed by atoms with E-state index in [1.807, 2.05) is 0 Å². The van der Waals surface area contributed by atoms with Crippen LogP contribution in [-0.2, 0) is 14.8 Å². The number of ether oxygens (including phenoxy) is 1. The molecule has 0 aromatic carbocycles. The third-order valence-electron chi connectivity index (χ3n) is 2.07. The molecule has 1 aliphatic heterocycles. The SMILES string of the molecule is CCS(=O)(=O)N1CCOCC1CBr. The number of nitrogens with zero attached hydrogens (tertiary/aromatic N) is 1. The van der Waals surface area contributed by atoms with Crippen LogP contribution >= 0.6 is 15.9 Å². The van der Waals surface area contributed by atoms with Crippen molar-refractivity contribution in [3.8, 4) is 0 Å². The Kier molecular flexibility index (Phi) is 4.15. The first-order valence-electron chi connectivity index (χ1n) is 4.25. The number of hydrogen-bond acceptors (Lipinski definition) is 3. The highest BCUT2D eigenvalue weighted by molar-refractivity contribution is 9.09. The minimum atomic E-state index is -3.06. The van der Waals surface area contributed by atoms with Crippen molar-refractivity contribution >= 4 is 26.0 Å². The highest BCUT2D eigenvalue weighted by Crippen LogP contribution is 2.14. The molecule has 1 saturated heterocycles. The highest BCUT2D eigenvalue weighted by Gasteiger charge is 2.30. The minimum Gasteiger partial charge on any atom is -0.378 e. The van der Waals surface area contributed by atoms with Gasteiger partial charge in [0.05, 0.1) is 25.0 Å². The topological polar surface area (TPSA) is 46.6 Å². The fourth-order valence-electron chi connectivity index (χ4n) is 1.29. The van der Waals surface area contributed by atoms with Crippen LogP contribution in [-0.4, -0.2) is 49.6 Å². The van der Waals surface area contributed by atoms with Gasteiger partial charge in [0, 0.05) is 11.9 Å². The quantitative estimate of drug-likeness (QED) is 0.700. The van der Waals surface area contributed by atoms with E-state index in [0.717, 1.165) is 0 Å². The maximum absolute atomic E-state index is 11.6. The summed E-state index contributed by atoms with van der Waals surface area (Å²) in [4.78, 5) is 0. The van der Waals surface area contributed by atoms with Crippen molar-refractivity contribution in [2.45, 2.75) is 13.0 Å². The summed E-state index contributed by atoms with van der Waals surface area (Å²) in [6, 6.07) is -0.0429. The molecule has 0 aromatic rings. The molecule has 0 amide bonds. The molecule has 13 heavy (non-hydrogen) atoms. The van der Waals surface area contributed by atoms with Crippen molar-refractivity contribution in [1.29, 1.82) is 0 Å². The van der Waals surface area contributed by atoms with Crippen molar-refractivity contribution in [2.75, 3.05) is 30.8 Å². The van der Waals surface area contributed by atoms with Gasteiger partial charge in [0.1, 0.15) is 0 Å². The van der Waals surface area contributed by atoms with Gasteiger partial charge in [-0.1, -0.05) is 15.9 Å². The monoisotopic (exact) mass is 271 g/mol. The van der Waals surface area contributed by atoms with Crippen LogP contribution in [0.3, 0.4) is 0 Å². The Morgan fingerprint density at radius 2 is 2.31 bits per heavy atom. The minimum absolute atomic E-state index is 0.0429. The molecule has 1 fully saturated rings. The van der Waals surface area contributed by atoms with Crippen molar-refractivity contribution in [3.05, 3.63) is 0 Å². The van der Waals surface area contributed by atoms with Crippen molar-refractivity contribution in [2.24, 2.45) is 0 Å². The van der Waals surface area contributed by atoms with E-state index in [0.29, 0.717) is 25.1 Å².